The number of thioether (sulfide) groups is 1. The van der Waals surface area contributed by atoms with Gasteiger partial charge in [0.05, 0.1) is 10.6 Å². The highest BCUT2D eigenvalue weighted by Crippen LogP contribution is 2.39. The third-order valence-electron chi connectivity index (χ3n) is 8.14. The van der Waals surface area contributed by atoms with E-state index in [2.05, 4.69) is 17.9 Å². The van der Waals surface area contributed by atoms with Gasteiger partial charge in [-0.25, -0.2) is 4.39 Å². The first-order chi connectivity index (χ1) is 19.3. The molecular formula is C30H34FN5O2S2. The quantitative estimate of drug-likeness (QED) is 0.320. The SMILES string of the molecule is CCCCn1c(N2CCN(c3ccccc3F)CC2)c(/C=C2/SC(=S)N(C3CCCC3)C2=O)c(C)c(C#N)c1=O. The molecule has 0 radical (unpaired) electrons. The highest BCUT2D eigenvalue weighted by molar-refractivity contribution is 8.26. The predicted molar refractivity (Wildman–Crippen MR) is 163 cm³/mol. The molecule has 3 aliphatic rings. The number of aromatic nitrogens is 1. The molecule has 7 nitrogen and oxygen atoms in total. The fourth-order valence-corrected chi connectivity index (χ4v) is 7.35. The molecule has 5 rings (SSSR count). The van der Waals surface area contributed by atoms with Gasteiger partial charge < -0.3 is 9.80 Å². The highest BCUT2D eigenvalue weighted by atomic mass is 32.2. The Hall–Kier alpha value is -3.16. The first-order valence-corrected chi connectivity index (χ1v) is 15.3. The number of hydrogen-bond donors (Lipinski definition) is 0. The number of hydrogen-bond acceptors (Lipinski definition) is 7. The average molecular weight is 580 g/mol. The number of anilines is 2. The van der Waals surface area contributed by atoms with Crippen LogP contribution in [0, 0.1) is 24.1 Å². The second-order valence-electron chi connectivity index (χ2n) is 10.6. The second kappa shape index (κ2) is 12.1. The largest absolute Gasteiger partial charge is 0.366 e. The summed E-state index contributed by atoms with van der Waals surface area (Å²) in [6.07, 6.45) is 7.60. The maximum Gasteiger partial charge on any atom is 0.270 e. The minimum absolute atomic E-state index is 0.0959. The fraction of sp³-hybridized carbons (Fsp3) is 0.467. The summed E-state index contributed by atoms with van der Waals surface area (Å²) in [5.41, 5.74) is 1.63. The van der Waals surface area contributed by atoms with E-state index in [-0.39, 0.29) is 28.9 Å². The van der Waals surface area contributed by atoms with Crippen molar-refractivity contribution in [3.8, 4) is 6.07 Å². The van der Waals surface area contributed by atoms with E-state index in [1.54, 1.807) is 28.5 Å². The predicted octanol–water partition coefficient (Wildman–Crippen LogP) is 5.44. The van der Waals surface area contributed by atoms with E-state index in [0.29, 0.717) is 64.6 Å². The lowest BCUT2D eigenvalue weighted by molar-refractivity contribution is -0.123. The van der Waals surface area contributed by atoms with Gasteiger partial charge in [-0.3, -0.25) is 19.1 Å². The number of nitrogens with zero attached hydrogens (tertiary/aromatic N) is 5. The van der Waals surface area contributed by atoms with Crippen molar-refractivity contribution in [1.29, 1.82) is 5.26 Å². The van der Waals surface area contributed by atoms with Crippen LogP contribution in [0.2, 0.25) is 0 Å². The molecule has 3 heterocycles. The molecule has 0 N–H and O–H groups in total. The Morgan fingerprint density at radius 1 is 1.12 bits per heavy atom. The monoisotopic (exact) mass is 579 g/mol. The number of benzene rings is 1. The van der Waals surface area contributed by atoms with Gasteiger partial charge in [0.25, 0.3) is 11.5 Å². The summed E-state index contributed by atoms with van der Waals surface area (Å²) in [6.45, 7) is 6.59. The zero-order valence-corrected chi connectivity index (χ0v) is 24.6. The number of para-hydroxylation sites is 1. The van der Waals surface area contributed by atoms with Gasteiger partial charge in [-0.2, -0.15) is 5.26 Å². The molecule has 1 aromatic carbocycles. The van der Waals surface area contributed by atoms with Crippen molar-refractivity contribution in [2.24, 2.45) is 0 Å². The van der Waals surface area contributed by atoms with Crippen LogP contribution < -0.4 is 15.4 Å². The molecule has 10 heteroatoms. The number of amides is 1. The maximum absolute atomic E-state index is 14.5. The van der Waals surface area contributed by atoms with Crippen LogP contribution in [0.25, 0.3) is 6.08 Å². The normalized spacial score (nSPS) is 19.2. The molecule has 2 aliphatic heterocycles. The smallest absolute Gasteiger partial charge is 0.270 e. The van der Waals surface area contributed by atoms with Crippen LogP contribution in [0.15, 0.2) is 34.0 Å². The Morgan fingerprint density at radius 2 is 1.80 bits per heavy atom. The number of halogens is 1. The molecule has 0 spiro atoms. The maximum atomic E-state index is 14.5. The molecule has 1 saturated carbocycles. The molecule has 0 unspecified atom stereocenters. The summed E-state index contributed by atoms with van der Waals surface area (Å²) >= 11 is 6.93. The van der Waals surface area contributed by atoms with Gasteiger partial charge in [0.15, 0.2) is 0 Å². The molecule has 1 aliphatic carbocycles. The van der Waals surface area contributed by atoms with Gasteiger partial charge in [-0.15, -0.1) is 0 Å². The van der Waals surface area contributed by atoms with Crippen molar-refractivity contribution in [2.45, 2.75) is 65.0 Å². The number of carbonyl (C=O) groups is 1. The second-order valence-corrected chi connectivity index (χ2v) is 12.3. The summed E-state index contributed by atoms with van der Waals surface area (Å²) < 4.78 is 16.8. The third-order valence-corrected chi connectivity index (χ3v) is 9.47. The molecule has 0 bridgehead atoms. The van der Waals surface area contributed by atoms with Crippen molar-refractivity contribution in [3.05, 3.63) is 62.0 Å². The average Bonchev–Trinajstić information content (AvgIpc) is 3.57. The number of nitriles is 1. The molecule has 210 valence electrons. The Bertz CT molecular complexity index is 1450. The van der Waals surface area contributed by atoms with Crippen LogP contribution in [0.1, 0.15) is 62.1 Å². The number of rotatable bonds is 7. The highest BCUT2D eigenvalue weighted by Gasteiger charge is 2.39. The van der Waals surface area contributed by atoms with Crippen molar-refractivity contribution >= 4 is 51.8 Å². The minimum atomic E-state index is -0.310. The zero-order chi connectivity index (χ0) is 28.4. The van der Waals surface area contributed by atoms with E-state index < -0.39 is 0 Å². The molecule has 40 heavy (non-hydrogen) atoms. The van der Waals surface area contributed by atoms with Crippen LogP contribution >= 0.6 is 24.0 Å². The van der Waals surface area contributed by atoms with Gasteiger partial charge in [0, 0.05) is 44.3 Å². The Kier molecular flexibility index (Phi) is 8.62. The Balaban J connectivity index is 1.57. The molecule has 0 atom stereocenters. The van der Waals surface area contributed by atoms with E-state index in [1.807, 2.05) is 17.0 Å². The van der Waals surface area contributed by atoms with Gasteiger partial charge in [-0.1, -0.05) is 62.3 Å². The first kappa shape index (κ1) is 28.4. The number of piperazine rings is 1. The number of carbonyl (C=O) groups excluding carboxylic acids is 1. The summed E-state index contributed by atoms with van der Waals surface area (Å²) in [5.74, 6) is 0.366. The molecule has 3 fully saturated rings. The first-order valence-electron chi connectivity index (χ1n) is 14.0. The van der Waals surface area contributed by atoms with Gasteiger partial charge in [-0.05, 0) is 50.0 Å². The van der Waals surface area contributed by atoms with Gasteiger partial charge in [0.1, 0.15) is 27.6 Å². The van der Waals surface area contributed by atoms with Crippen molar-refractivity contribution in [2.75, 3.05) is 36.0 Å². The summed E-state index contributed by atoms with van der Waals surface area (Å²) in [6, 6.07) is 9.03. The van der Waals surface area contributed by atoms with E-state index >= 15 is 0 Å². The number of thiocarbonyl (C=S) groups is 1. The number of unbranched alkanes of at least 4 members (excludes halogenated alkanes) is 1. The van der Waals surface area contributed by atoms with Crippen LogP contribution in [0.5, 0.6) is 0 Å². The van der Waals surface area contributed by atoms with E-state index in [9.17, 15) is 19.2 Å². The van der Waals surface area contributed by atoms with E-state index in [0.717, 1.165) is 38.5 Å². The zero-order valence-electron chi connectivity index (χ0n) is 23.0. The molecular weight excluding hydrogens is 545 g/mol. The van der Waals surface area contributed by atoms with Crippen molar-refractivity contribution < 1.29 is 9.18 Å². The Labute approximate surface area is 244 Å². The summed E-state index contributed by atoms with van der Waals surface area (Å²) in [4.78, 5) is 33.6. The van der Waals surface area contributed by atoms with E-state index in [1.165, 1.54) is 17.8 Å². The minimum Gasteiger partial charge on any atom is -0.366 e. The lowest BCUT2D eigenvalue weighted by Gasteiger charge is -2.39. The van der Waals surface area contributed by atoms with Crippen LogP contribution in [-0.2, 0) is 11.3 Å². The van der Waals surface area contributed by atoms with Crippen molar-refractivity contribution in [1.82, 2.24) is 9.47 Å². The number of pyridine rings is 1. The Morgan fingerprint density at radius 3 is 2.45 bits per heavy atom. The van der Waals surface area contributed by atoms with Crippen LogP contribution in [-0.4, -0.2) is 51.9 Å². The summed E-state index contributed by atoms with van der Waals surface area (Å²) in [5, 5.41) is 9.96. The lowest BCUT2D eigenvalue weighted by Crippen LogP contribution is -2.49. The topological polar surface area (TPSA) is 72.6 Å². The van der Waals surface area contributed by atoms with Crippen LogP contribution in [0.3, 0.4) is 0 Å². The van der Waals surface area contributed by atoms with E-state index in [4.69, 9.17) is 12.2 Å². The van der Waals surface area contributed by atoms with Gasteiger partial charge >= 0.3 is 0 Å². The fourth-order valence-electron chi connectivity index (χ4n) is 5.96. The lowest BCUT2D eigenvalue weighted by atomic mass is 10.0. The third kappa shape index (κ3) is 5.29. The van der Waals surface area contributed by atoms with Gasteiger partial charge in [0.2, 0.25) is 0 Å². The van der Waals surface area contributed by atoms with Crippen LogP contribution in [0.4, 0.5) is 15.9 Å². The molecule has 2 aromatic rings. The standard InChI is InChI=1S/C30H34FN5O2S2/c1-3-4-13-35-27(34-16-14-33(15-17-34)25-12-8-7-11-24(25)31)22(20(2)23(19-32)28(35)37)18-26-29(38)36(30(39)40-26)21-9-5-6-10-21/h7-8,11-12,18,21H,3-6,9-10,13-17H2,1-2H3/b26-18+. The molecule has 2 saturated heterocycles. The van der Waals surface area contributed by atoms with Crippen molar-refractivity contribution in [3.63, 3.8) is 0 Å². The molecule has 1 aromatic heterocycles. The summed E-state index contributed by atoms with van der Waals surface area (Å²) in [7, 11) is 0. The molecule has 1 amide bonds.